The summed E-state index contributed by atoms with van der Waals surface area (Å²) in [7, 11) is 2.11. The van der Waals surface area contributed by atoms with Crippen LogP contribution in [0.3, 0.4) is 0 Å². The lowest BCUT2D eigenvalue weighted by Crippen LogP contribution is -2.44. The average molecular weight is 405 g/mol. The van der Waals surface area contributed by atoms with Crippen LogP contribution >= 0.6 is 0 Å². The van der Waals surface area contributed by atoms with Gasteiger partial charge in [-0.1, -0.05) is 12.1 Å². The summed E-state index contributed by atoms with van der Waals surface area (Å²) in [6.45, 7) is 3.86. The summed E-state index contributed by atoms with van der Waals surface area (Å²) in [4.78, 5) is 34.1. The Morgan fingerprint density at radius 2 is 1.73 bits per heavy atom. The molecule has 1 saturated heterocycles. The van der Waals surface area contributed by atoms with Gasteiger partial charge in [0.05, 0.1) is 29.4 Å². The average Bonchev–Trinajstić information content (AvgIpc) is 3.30. The largest absolute Gasteiger partial charge is 0.459 e. The zero-order chi connectivity index (χ0) is 20.9. The van der Waals surface area contributed by atoms with Gasteiger partial charge in [0.1, 0.15) is 5.82 Å². The van der Waals surface area contributed by atoms with E-state index in [1.54, 1.807) is 42.6 Å². The number of aromatic nitrogens is 1. The Labute approximate surface area is 174 Å². The van der Waals surface area contributed by atoms with Crippen molar-refractivity contribution < 1.29 is 14.0 Å². The van der Waals surface area contributed by atoms with Crippen LogP contribution in [0.4, 0.5) is 17.2 Å². The van der Waals surface area contributed by atoms with E-state index in [0.29, 0.717) is 16.9 Å². The molecule has 2 amide bonds. The fourth-order valence-electron chi connectivity index (χ4n) is 3.26. The quantitative estimate of drug-likeness (QED) is 0.678. The number of rotatable bonds is 5. The standard InChI is InChI=1S/C22H23N5O3/c1-26-10-12-27(13-11-26)20-9-8-16(15-23-20)24-21(28)17-5-2-3-6-18(17)25-22(29)19-7-4-14-30-19/h2-9,14-15H,10-13H2,1H3,(H,24,28)(H,25,29). The number of hydrogen-bond acceptors (Lipinski definition) is 6. The normalized spacial score (nSPS) is 14.4. The second-order valence-electron chi connectivity index (χ2n) is 7.13. The number of para-hydroxylation sites is 1. The number of furan rings is 1. The Morgan fingerprint density at radius 1 is 0.933 bits per heavy atom. The number of hydrogen-bond donors (Lipinski definition) is 2. The van der Waals surface area contributed by atoms with Crippen LogP contribution in [0.25, 0.3) is 0 Å². The number of anilines is 3. The van der Waals surface area contributed by atoms with E-state index in [0.717, 1.165) is 32.0 Å². The van der Waals surface area contributed by atoms with E-state index in [1.165, 1.54) is 6.26 Å². The Morgan fingerprint density at radius 3 is 2.43 bits per heavy atom. The number of amides is 2. The molecule has 2 aromatic heterocycles. The minimum absolute atomic E-state index is 0.175. The fourth-order valence-corrected chi connectivity index (χ4v) is 3.26. The number of carbonyl (C=O) groups excluding carboxylic acids is 2. The summed E-state index contributed by atoms with van der Waals surface area (Å²) in [5.74, 6) is 0.319. The van der Waals surface area contributed by atoms with Crippen LogP contribution in [0.1, 0.15) is 20.9 Å². The summed E-state index contributed by atoms with van der Waals surface area (Å²) in [5, 5.41) is 5.56. The maximum atomic E-state index is 12.8. The second kappa shape index (κ2) is 8.79. The molecule has 0 aliphatic carbocycles. The molecule has 3 heterocycles. The SMILES string of the molecule is CN1CCN(c2ccc(NC(=O)c3ccccc3NC(=O)c3ccco3)cn2)CC1. The minimum atomic E-state index is -0.418. The van der Waals surface area contributed by atoms with E-state index in [4.69, 9.17) is 4.42 Å². The lowest BCUT2D eigenvalue weighted by atomic mass is 10.1. The van der Waals surface area contributed by atoms with Gasteiger partial charge < -0.3 is 24.9 Å². The van der Waals surface area contributed by atoms with Crippen molar-refractivity contribution in [2.75, 3.05) is 48.8 Å². The maximum absolute atomic E-state index is 12.8. The summed E-state index contributed by atoms with van der Waals surface area (Å²) in [6.07, 6.45) is 3.07. The highest BCUT2D eigenvalue weighted by Gasteiger charge is 2.17. The van der Waals surface area contributed by atoms with E-state index in [9.17, 15) is 9.59 Å². The van der Waals surface area contributed by atoms with Crippen LogP contribution in [-0.2, 0) is 0 Å². The van der Waals surface area contributed by atoms with Crippen LogP contribution < -0.4 is 15.5 Å². The molecule has 0 unspecified atom stereocenters. The van der Waals surface area contributed by atoms with Gasteiger partial charge in [-0.15, -0.1) is 0 Å². The lowest BCUT2D eigenvalue weighted by molar-refractivity contribution is 0.0996. The zero-order valence-corrected chi connectivity index (χ0v) is 16.7. The van der Waals surface area contributed by atoms with E-state index in [-0.39, 0.29) is 11.7 Å². The Bertz CT molecular complexity index is 1010. The Hall–Kier alpha value is -3.65. The number of carbonyl (C=O) groups is 2. The summed E-state index contributed by atoms with van der Waals surface area (Å²) in [5.41, 5.74) is 1.34. The second-order valence-corrected chi connectivity index (χ2v) is 7.13. The van der Waals surface area contributed by atoms with Crippen molar-refractivity contribution in [1.29, 1.82) is 0 Å². The van der Waals surface area contributed by atoms with Crippen molar-refractivity contribution in [2.45, 2.75) is 0 Å². The summed E-state index contributed by atoms with van der Waals surface area (Å²) < 4.78 is 5.10. The molecule has 0 saturated carbocycles. The topological polar surface area (TPSA) is 90.7 Å². The highest BCUT2D eigenvalue weighted by molar-refractivity contribution is 6.11. The van der Waals surface area contributed by atoms with Crippen LogP contribution in [-0.4, -0.2) is 54.9 Å². The number of piperazine rings is 1. The van der Waals surface area contributed by atoms with E-state index in [1.807, 2.05) is 12.1 Å². The van der Waals surface area contributed by atoms with Crippen molar-refractivity contribution in [1.82, 2.24) is 9.88 Å². The first-order valence-electron chi connectivity index (χ1n) is 9.75. The summed E-state index contributed by atoms with van der Waals surface area (Å²) in [6, 6.07) is 13.8. The first kappa shape index (κ1) is 19.7. The third kappa shape index (κ3) is 4.49. The predicted octanol–water partition coefficient (Wildman–Crippen LogP) is 2.93. The molecule has 30 heavy (non-hydrogen) atoms. The molecule has 4 rings (SSSR count). The molecule has 8 heteroatoms. The van der Waals surface area contributed by atoms with Crippen molar-refractivity contribution in [2.24, 2.45) is 0 Å². The van der Waals surface area contributed by atoms with Crippen molar-refractivity contribution in [3.05, 3.63) is 72.3 Å². The van der Waals surface area contributed by atoms with Gasteiger partial charge >= 0.3 is 0 Å². The minimum Gasteiger partial charge on any atom is -0.459 e. The van der Waals surface area contributed by atoms with Gasteiger partial charge in [-0.25, -0.2) is 4.98 Å². The summed E-state index contributed by atoms with van der Waals surface area (Å²) >= 11 is 0. The molecule has 1 aromatic carbocycles. The molecule has 154 valence electrons. The smallest absolute Gasteiger partial charge is 0.291 e. The molecule has 1 fully saturated rings. The van der Waals surface area contributed by atoms with Gasteiger partial charge in [0.25, 0.3) is 11.8 Å². The van der Waals surface area contributed by atoms with E-state index in [2.05, 4.69) is 32.5 Å². The number of benzene rings is 1. The van der Waals surface area contributed by atoms with Gasteiger partial charge in [-0.2, -0.15) is 0 Å². The van der Waals surface area contributed by atoms with Crippen LogP contribution in [0, 0.1) is 0 Å². The lowest BCUT2D eigenvalue weighted by Gasteiger charge is -2.33. The molecule has 1 aliphatic heterocycles. The number of likely N-dealkylation sites (N-methyl/N-ethyl adjacent to an activating group) is 1. The van der Waals surface area contributed by atoms with Crippen LogP contribution in [0.2, 0.25) is 0 Å². The van der Waals surface area contributed by atoms with Gasteiger partial charge in [0.2, 0.25) is 0 Å². The van der Waals surface area contributed by atoms with Crippen molar-refractivity contribution >= 4 is 29.0 Å². The molecule has 8 nitrogen and oxygen atoms in total. The van der Waals surface area contributed by atoms with E-state index < -0.39 is 5.91 Å². The third-order valence-electron chi connectivity index (χ3n) is 5.00. The van der Waals surface area contributed by atoms with Crippen LogP contribution in [0.5, 0.6) is 0 Å². The highest BCUT2D eigenvalue weighted by Crippen LogP contribution is 2.20. The Kier molecular flexibility index (Phi) is 5.76. The van der Waals surface area contributed by atoms with Gasteiger partial charge in [-0.05, 0) is 43.4 Å². The van der Waals surface area contributed by atoms with Gasteiger partial charge in [0.15, 0.2) is 5.76 Å². The molecule has 0 spiro atoms. The third-order valence-corrected chi connectivity index (χ3v) is 5.00. The molecular formula is C22H23N5O3. The Balaban J connectivity index is 1.43. The van der Waals surface area contributed by atoms with Crippen molar-refractivity contribution in [3.8, 4) is 0 Å². The predicted molar refractivity (Wildman–Crippen MR) is 115 cm³/mol. The molecule has 2 N–H and O–H groups in total. The number of nitrogens with one attached hydrogen (secondary N) is 2. The molecule has 1 aliphatic rings. The fraction of sp³-hybridized carbons (Fsp3) is 0.227. The van der Waals surface area contributed by atoms with Crippen LogP contribution in [0.15, 0.2) is 65.4 Å². The van der Waals surface area contributed by atoms with Crippen molar-refractivity contribution in [3.63, 3.8) is 0 Å². The first-order valence-corrected chi connectivity index (χ1v) is 9.75. The van der Waals surface area contributed by atoms with Gasteiger partial charge in [-0.3, -0.25) is 9.59 Å². The first-order chi connectivity index (χ1) is 14.6. The molecule has 3 aromatic rings. The molecule has 0 bridgehead atoms. The number of pyridine rings is 1. The molecule has 0 radical (unpaired) electrons. The maximum Gasteiger partial charge on any atom is 0.291 e. The van der Waals surface area contributed by atoms with E-state index >= 15 is 0 Å². The molecular weight excluding hydrogens is 382 g/mol. The monoisotopic (exact) mass is 405 g/mol. The highest BCUT2D eigenvalue weighted by atomic mass is 16.3. The molecule has 0 atom stereocenters. The zero-order valence-electron chi connectivity index (χ0n) is 16.7. The number of nitrogens with zero attached hydrogens (tertiary/aromatic N) is 3. The van der Waals surface area contributed by atoms with Gasteiger partial charge in [0, 0.05) is 26.2 Å².